The third-order valence-electron chi connectivity index (χ3n) is 13.7. The average molecular weight is 943 g/mol. The highest BCUT2D eigenvalue weighted by Gasteiger charge is 2.44. The topological polar surface area (TPSA) is 157 Å². The van der Waals surface area contributed by atoms with Crippen LogP contribution in [0.25, 0.3) is 10.4 Å². The first-order valence-electron chi connectivity index (χ1n) is 24.0. The van der Waals surface area contributed by atoms with E-state index in [1.807, 2.05) is 63.5 Å². The van der Waals surface area contributed by atoms with Crippen molar-refractivity contribution in [3.8, 4) is 21.9 Å². The highest BCUT2D eigenvalue weighted by molar-refractivity contribution is 7.13. The molecule has 0 radical (unpaired) electrons. The Morgan fingerprint density at radius 1 is 0.882 bits per heavy atom. The van der Waals surface area contributed by atoms with Gasteiger partial charge in [-0.05, 0) is 88.7 Å². The van der Waals surface area contributed by atoms with Gasteiger partial charge in [0.2, 0.25) is 17.7 Å². The molecule has 2 fully saturated rings. The van der Waals surface area contributed by atoms with E-state index in [0.29, 0.717) is 31.4 Å². The van der Waals surface area contributed by atoms with Gasteiger partial charge in [0.25, 0.3) is 0 Å². The molecule has 0 unspecified atom stereocenters. The molecule has 5 aromatic rings. The summed E-state index contributed by atoms with van der Waals surface area (Å²) in [6, 6.07) is 31.2. The third-order valence-corrected chi connectivity index (χ3v) is 14.7. The van der Waals surface area contributed by atoms with Gasteiger partial charge in [-0.2, -0.15) is 0 Å². The lowest BCUT2D eigenvalue weighted by atomic mass is 9.69. The number of fused-ring (bicyclic) bond motifs is 1. The first kappa shape index (κ1) is 48.8. The number of hydrogen-bond donors (Lipinski definition) is 4. The zero-order chi connectivity index (χ0) is 47.8. The van der Waals surface area contributed by atoms with E-state index in [9.17, 15) is 24.6 Å². The minimum absolute atomic E-state index is 0.00779. The van der Waals surface area contributed by atoms with Gasteiger partial charge in [-0.15, -0.1) is 11.3 Å². The molecule has 3 aliphatic rings. The lowest BCUT2D eigenvalue weighted by molar-refractivity contribution is -0.144. The lowest BCUT2D eigenvalue weighted by Crippen LogP contribution is -2.58. The van der Waals surface area contributed by atoms with Crippen LogP contribution in [-0.2, 0) is 32.1 Å². The quantitative estimate of drug-likeness (QED) is 0.0759. The lowest BCUT2D eigenvalue weighted by Gasteiger charge is -2.35. The molecule has 3 heterocycles. The molecule has 4 aromatic carbocycles. The summed E-state index contributed by atoms with van der Waals surface area (Å²) < 4.78 is 12.0. The molecular weight excluding hydrogens is 877 g/mol. The van der Waals surface area contributed by atoms with Crippen LogP contribution >= 0.6 is 11.3 Å². The van der Waals surface area contributed by atoms with Crippen molar-refractivity contribution >= 4 is 29.1 Å². The second-order valence-electron chi connectivity index (χ2n) is 19.5. The van der Waals surface area contributed by atoms with Crippen molar-refractivity contribution < 1.29 is 34.1 Å². The molecule has 1 aliphatic carbocycles. The molecule has 68 heavy (non-hydrogen) atoms. The van der Waals surface area contributed by atoms with Gasteiger partial charge in [-0.25, -0.2) is 4.98 Å². The molecule has 0 bridgehead atoms. The van der Waals surface area contributed by atoms with Crippen LogP contribution < -0.4 is 15.4 Å². The number of aryl methyl sites for hydroxylation is 2. The number of thiazole rings is 1. The Morgan fingerprint density at radius 3 is 2.26 bits per heavy atom. The van der Waals surface area contributed by atoms with Crippen molar-refractivity contribution in [1.82, 2.24) is 30.3 Å². The van der Waals surface area contributed by atoms with E-state index in [1.54, 1.807) is 17.4 Å². The van der Waals surface area contributed by atoms with Crippen LogP contribution in [0.15, 0.2) is 103 Å². The SMILES string of the molecule is Cc1ncsc1-c1ccc(CNC(=O)[C@@H]2C[C@@H](O)CN2C(=O)[C@@H](NC(=O)COCCN2CCN(CCOc3ccc([C@H]4c5ccc(O)cc5CC[C@H]4c4ccccc4)cc3)CC2)C(C)(C)C)cc1. The minimum Gasteiger partial charge on any atom is -0.508 e. The summed E-state index contributed by atoms with van der Waals surface area (Å²) in [7, 11) is 0. The number of phenolic OH excluding ortho intramolecular Hbond substituents is 1. The van der Waals surface area contributed by atoms with Crippen molar-refractivity contribution in [3.63, 3.8) is 0 Å². The van der Waals surface area contributed by atoms with E-state index in [-0.39, 0.29) is 37.9 Å². The number of amides is 3. The number of nitrogens with zero attached hydrogens (tertiary/aromatic N) is 4. The second kappa shape index (κ2) is 22.2. The van der Waals surface area contributed by atoms with Gasteiger partial charge < -0.3 is 35.2 Å². The number of benzene rings is 4. The Bertz CT molecular complexity index is 2470. The van der Waals surface area contributed by atoms with Gasteiger partial charge in [0.1, 0.15) is 36.8 Å². The molecule has 2 aliphatic heterocycles. The van der Waals surface area contributed by atoms with Crippen molar-refractivity contribution in [2.75, 3.05) is 65.6 Å². The summed E-state index contributed by atoms with van der Waals surface area (Å²) in [6.07, 6.45) is 1.23. The average Bonchev–Trinajstić information content (AvgIpc) is 3.96. The van der Waals surface area contributed by atoms with Gasteiger partial charge in [-0.3, -0.25) is 24.2 Å². The van der Waals surface area contributed by atoms with Crippen LogP contribution in [0.1, 0.15) is 79.0 Å². The van der Waals surface area contributed by atoms with Crippen molar-refractivity contribution in [3.05, 3.63) is 136 Å². The van der Waals surface area contributed by atoms with Crippen molar-refractivity contribution in [2.24, 2.45) is 5.41 Å². The van der Waals surface area contributed by atoms with Gasteiger partial charge in [-0.1, -0.05) is 93.6 Å². The van der Waals surface area contributed by atoms with Gasteiger partial charge >= 0.3 is 0 Å². The number of phenols is 1. The predicted molar refractivity (Wildman–Crippen MR) is 265 cm³/mol. The number of β-amino-alcohol motifs (C(OH)–C–C–N with tert-alkyl or cyclic N) is 1. The molecule has 0 spiro atoms. The molecule has 13 nitrogen and oxygen atoms in total. The summed E-state index contributed by atoms with van der Waals surface area (Å²) in [5.41, 5.74) is 9.17. The number of aromatic hydroxyl groups is 1. The number of rotatable bonds is 17. The molecule has 5 atom stereocenters. The number of carbonyl (C=O) groups excluding carboxylic acids is 3. The number of aliphatic hydroxyl groups excluding tert-OH is 1. The van der Waals surface area contributed by atoms with Crippen LogP contribution in [0.5, 0.6) is 11.5 Å². The van der Waals surface area contributed by atoms with E-state index in [2.05, 4.69) is 86.1 Å². The number of likely N-dealkylation sites (tertiary alicyclic amines) is 1. The number of carbonyl (C=O) groups is 3. The van der Waals surface area contributed by atoms with Crippen LogP contribution in [0.4, 0.5) is 0 Å². The molecular formula is C54H66N6O7S. The zero-order valence-electron chi connectivity index (χ0n) is 39.7. The number of hydrogen-bond acceptors (Lipinski definition) is 11. The fraction of sp³-hybridized carbons (Fsp3) is 0.444. The van der Waals surface area contributed by atoms with Crippen LogP contribution in [0.2, 0.25) is 0 Å². The number of aromatic nitrogens is 1. The van der Waals surface area contributed by atoms with Crippen molar-refractivity contribution in [2.45, 2.75) is 83.5 Å². The Balaban J connectivity index is 0.741. The number of nitrogens with one attached hydrogen (secondary N) is 2. The first-order chi connectivity index (χ1) is 32.8. The highest BCUT2D eigenvalue weighted by atomic mass is 32.1. The van der Waals surface area contributed by atoms with Gasteiger partial charge in [0.05, 0.1) is 28.8 Å². The normalized spacial score (nSPS) is 20.4. The molecule has 360 valence electrons. The third kappa shape index (κ3) is 12.1. The number of ether oxygens (including phenoxy) is 2. The molecule has 2 saturated heterocycles. The van der Waals surface area contributed by atoms with E-state index in [0.717, 1.165) is 73.0 Å². The van der Waals surface area contributed by atoms with E-state index < -0.39 is 35.4 Å². The largest absolute Gasteiger partial charge is 0.508 e. The Kier molecular flexibility index (Phi) is 15.9. The van der Waals surface area contributed by atoms with Crippen molar-refractivity contribution in [1.29, 1.82) is 0 Å². The molecule has 4 N–H and O–H groups in total. The van der Waals surface area contributed by atoms with E-state index >= 15 is 0 Å². The summed E-state index contributed by atoms with van der Waals surface area (Å²) in [5.74, 6) is 0.546. The van der Waals surface area contributed by atoms with E-state index in [1.165, 1.54) is 27.2 Å². The Hall–Kier alpha value is -5.64. The summed E-state index contributed by atoms with van der Waals surface area (Å²) in [5, 5.41) is 26.6. The predicted octanol–water partition coefficient (Wildman–Crippen LogP) is 6.51. The standard InChI is InChI=1S/C54H66N6O7S/c1-36-50(68-35-56-36)40-12-10-37(11-13-40)32-55-52(64)47-31-43(62)33-60(47)53(65)51(54(2,3)4)57-48(63)34-66-28-26-58-22-24-59(25-23-58)27-29-67-44-18-14-39(15-19-44)49-45(38-8-6-5-7-9-38)20-16-41-30-42(61)17-21-46(41)49/h5-15,17-19,21,30,35,43,45,47,49,51,61-62H,16,20,22-29,31-34H2,1-4H3,(H,55,64)(H,57,63)/t43-,45+,47+,49-,51-/m1/s1. The maximum absolute atomic E-state index is 14.1. The molecule has 0 saturated carbocycles. The molecule has 1 aromatic heterocycles. The summed E-state index contributed by atoms with van der Waals surface area (Å²) >= 11 is 1.58. The molecule has 8 rings (SSSR count). The fourth-order valence-corrected chi connectivity index (χ4v) is 10.7. The smallest absolute Gasteiger partial charge is 0.246 e. The second-order valence-corrected chi connectivity index (χ2v) is 20.4. The highest BCUT2D eigenvalue weighted by Crippen LogP contribution is 2.47. The Morgan fingerprint density at radius 2 is 1.59 bits per heavy atom. The summed E-state index contributed by atoms with van der Waals surface area (Å²) in [4.78, 5) is 52.3. The van der Waals surface area contributed by atoms with Gasteiger partial charge in [0, 0.05) is 64.7 Å². The van der Waals surface area contributed by atoms with Crippen LogP contribution in [0, 0.1) is 12.3 Å². The Labute approximate surface area is 404 Å². The fourth-order valence-electron chi connectivity index (χ4n) is 9.92. The summed E-state index contributed by atoms with van der Waals surface area (Å²) in [6.45, 7) is 13.7. The minimum atomic E-state index is -0.928. The van der Waals surface area contributed by atoms with Crippen LogP contribution in [-0.4, -0.2) is 131 Å². The van der Waals surface area contributed by atoms with Gasteiger partial charge in [0.15, 0.2) is 0 Å². The molecule has 3 amide bonds. The number of piperazine rings is 1. The number of aliphatic hydroxyl groups is 1. The first-order valence-corrected chi connectivity index (χ1v) is 24.9. The maximum atomic E-state index is 14.1. The van der Waals surface area contributed by atoms with E-state index in [4.69, 9.17) is 9.47 Å². The zero-order valence-corrected chi connectivity index (χ0v) is 40.6. The monoisotopic (exact) mass is 942 g/mol. The molecule has 14 heteroatoms. The maximum Gasteiger partial charge on any atom is 0.246 e. The van der Waals surface area contributed by atoms with Crippen LogP contribution in [0.3, 0.4) is 0 Å².